The number of piperidine rings is 1. The Balaban J connectivity index is 1.32. The highest BCUT2D eigenvalue weighted by molar-refractivity contribution is 7.11. The summed E-state index contributed by atoms with van der Waals surface area (Å²) in [7, 11) is 0. The fraction of sp³-hybridized carbons (Fsp3) is 0.526. The molecule has 2 heterocycles. The van der Waals surface area contributed by atoms with Gasteiger partial charge in [-0.3, -0.25) is 4.90 Å². The van der Waals surface area contributed by atoms with Crippen molar-refractivity contribution in [3.63, 3.8) is 0 Å². The van der Waals surface area contributed by atoms with E-state index >= 15 is 0 Å². The summed E-state index contributed by atoms with van der Waals surface area (Å²) >= 11 is 1.92. The molecule has 0 spiro atoms. The van der Waals surface area contributed by atoms with Crippen LogP contribution in [0.2, 0.25) is 0 Å². The first-order valence-electron chi connectivity index (χ1n) is 8.72. The van der Waals surface area contributed by atoms with Gasteiger partial charge < -0.3 is 5.11 Å². The predicted octanol–water partition coefficient (Wildman–Crippen LogP) is 3.58. The van der Waals surface area contributed by atoms with Gasteiger partial charge in [-0.1, -0.05) is 30.3 Å². The molecule has 2 aromatic rings. The van der Waals surface area contributed by atoms with Gasteiger partial charge in [-0.25, -0.2) is 4.98 Å². The summed E-state index contributed by atoms with van der Waals surface area (Å²) in [5.41, 5.74) is 2.42. The molecule has 1 aliphatic carbocycles. The largest absolute Gasteiger partial charge is 0.388 e. The number of aliphatic hydroxyl groups is 1. The van der Waals surface area contributed by atoms with E-state index in [4.69, 9.17) is 4.98 Å². The third kappa shape index (κ3) is 3.35. The highest BCUT2D eigenvalue weighted by Gasteiger charge is 2.27. The highest BCUT2D eigenvalue weighted by Crippen LogP contribution is 2.32. The summed E-state index contributed by atoms with van der Waals surface area (Å²) in [6.07, 6.45) is 5.52. The second kappa shape index (κ2) is 6.71. The van der Waals surface area contributed by atoms with Crippen molar-refractivity contribution < 1.29 is 5.11 Å². The number of hydrogen-bond donors (Lipinski definition) is 1. The third-order valence-electron chi connectivity index (χ3n) is 5.22. The van der Waals surface area contributed by atoms with Crippen LogP contribution in [0.15, 0.2) is 30.3 Å². The van der Waals surface area contributed by atoms with Gasteiger partial charge in [0.25, 0.3) is 0 Å². The van der Waals surface area contributed by atoms with Crippen molar-refractivity contribution in [3.8, 4) is 0 Å². The van der Waals surface area contributed by atoms with Gasteiger partial charge in [-0.05, 0) is 56.7 Å². The number of nitrogens with zero attached hydrogens (tertiary/aromatic N) is 2. The summed E-state index contributed by atoms with van der Waals surface area (Å²) in [6, 6.07) is 10.1. The molecule has 0 radical (unpaired) electrons. The Kier molecular flexibility index (Phi) is 4.47. The zero-order valence-electron chi connectivity index (χ0n) is 13.4. The first-order chi connectivity index (χ1) is 11.3. The number of aromatic nitrogens is 1. The Hall–Kier alpha value is -1.23. The van der Waals surface area contributed by atoms with Gasteiger partial charge in [0, 0.05) is 4.88 Å². The average molecular weight is 328 g/mol. The third-order valence-corrected chi connectivity index (χ3v) is 6.36. The van der Waals surface area contributed by atoms with Crippen LogP contribution in [0.5, 0.6) is 0 Å². The molecule has 0 amide bonds. The van der Waals surface area contributed by atoms with E-state index in [0.29, 0.717) is 5.92 Å². The SMILES string of the molecule is OC(c1ccccc1)C1CCN(Cc2nc3c(s2)CCC3)CC1. The lowest BCUT2D eigenvalue weighted by atomic mass is 9.87. The summed E-state index contributed by atoms with van der Waals surface area (Å²) in [6.45, 7) is 3.13. The normalized spacial score (nSPS) is 20.6. The number of rotatable bonds is 4. The Morgan fingerprint density at radius 1 is 1.17 bits per heavy atom. The fourth-order valence-corrected chi connectivity index (χ4v) is 5.05. The summed E-state index contributed by atoms with van der Waals surface area (Å²) in [5.74, 6) is 0.384. The summed E-state index contributed by atoms with van der Waals surface area (Å²) < 4.78 is 0. The molecule has 0 bridgehead atoms. The maximum Gasteiger partial charge on any atom is 0.107 e. The first-order valence-corrected chi connectivity index (χ1v) is 9.54. The van der Waals surface area contributed by atoms with Crippen molar-refractivity contribution >= 4 is 11.3 Å². The van der Waals surface area contributed by atoms with Gasteiger partial charge in [-0.2, -0.15) is 0 Å². The van der Waals surface area contributed by atoms with Gasteiger partial charge in [-0.15, -0.1) is 11.3 Å². The van der Waals surface area contributed by atoms with Crippen molar-refractivity contribution in [1.29, 1.82) is 0 Å². The number of fused-ring (bicyclic) bond motifs is 1. The molecule has 4 heteroatoms. The minimum atomic E-state index is -0.318. The van der Waals surface area contributed by atoms with Crippen LogP contribution in [0.1, 0.15) is 46.5 Å². The number of benzene rings is 1. The molecule has 2 aliphatic rings. The molecular weight excluding hydrogens is 304 g/mol. The zero-order valence-corrected chi connectivity index (χ0v) is 14.3. The van der Waals surface area contributed by atoms with Crippen LogP contribution in [-0.2, 0) is 19.4 Å². The van der Waals surface area contributed by atoms with Crippen LogP contribution in [0, 0.1) is 5.92 Å². The molecule has 1 aromatic heterocycles. The second-order valence-corrected chi connectivity index (χ2v) is 7.97. The number of aliphatic hydroxyl groups excluding tert-OH is 1. The summed E-state index contributed by atoms with van der Waals surface area (Å²) in [4.78, 5) is 8.84. The standard InChI is InChI=1S/C19H24N2OS/c22-19(14-5-2-1-3-6-14)15-9-11-21(12-10-15)13-18-20-16-7-4-8-17(16)23-18/h1-3,5-6,15,19,22H,4,7-13H2. The van der Waals surface area contributed by atoms with E-state index in [-0.39, 0.29) is 6.10 Å². The van der Waals surface area contributed by atoms with E-state index in [1.54, 1.807) is 0 Å². The van der Waals surface area contributed by atoms with Crippen molar-refractivity contribution in [2.24, 2.45) is 5.92 Å². The lowest BCUT2D eigenvalue weighted by molar-refractivity contribution is 0.0567. The van der Waals surface area contributed by atoms with Gasteiger partial charge in [0.15, 0.2) is 0 Å². The smallest absolute Gasteiger partial charge is 0.107 e. The minimum Gasteiger partial charge on any atom is -0.388 e. The van der Waals surface area contributed by atoms with Crippen LogP contribution in [0.3, 0.4) is 0 Å². The van der Waals surface area contributed by atoms with E-state index in [2.05, 4.69) is 4.90 Å². The number of likely N-dealkylation sites (tertiary alicyclic amines) is 1. The van der Waals surface area contributed by atoms with E-state index in [0.717, 1.165) is 38.0 Å². The van der Waals surface area contributed by atoms with Crippen molar-refractivity contribution in [2.75, 3.05) is 13.1 Å². The molecule has 122 valence electrons. The van der Waals surface area contributed by atoms with Crippen molar-refractivity contribution in [3.05, 3.63) is 51.5 Å². The quantitative estimate of drug-likeness (QED) is 0.932. The van der Waals surface area contributed by atoms with Crippen LogP contribution in [0.4, 0.5) is 0 Å². The van der Waals surface area contributed by atoms with E-state index in [1.165, 1.54) is 34.8 Å². The van der Waals surface area contributed by atoms with Crippen LogP contribution >= 0.6 is 11.3 Å². The Bertz CT molecular complexity index is 625. The second-order valence-electron chi connectivity index (χ2n) is 6.80. The van der Waals surface area contributed by atoms with Crippen LogP contribution in [0.25, 0.3) is 0 Å². The van der Waals surface area contributed by atoms with Gasteiger partial charge in [0.05, 0.1) is 18.3 Å². The molecule has 1 atom stereocenters. The van der Waals surface area contributed by atoms with Gasteiger partial charge >= 0.3 is 0 Å². The number of thiazole rings is 1. The van der Waals surface area contributed by atoms with Gasteiger partial charge in [0.1, 0.15) is 5.01 Å². The van der Waals surface area contributed by atoms with E-state index in [1.807, 2.05) is 41.7 Å². The topological polar surface area (TPSA) is 36.4 Å². The van der Waals surface area contributed by atoms with Gasteiger partial charge in [0.2, 0.25) is 0 Å². The molecule has 1 fully saturated rings. The maximum absolute atomic E-state index is 10.6. The maximum atomic E-state index is 10.6. The van der Waals surface area contributed by atoms with Crippen molar-refractivity contribution in [1.82, 2.24) is 9.88 Å². The lowest BCUT2D eigenvalue weighted by Gasteiger charge is -2.33. The molecule has 3 nitrogen and oxygen atoms in total. The van der Waals surface area contributed by atoms with Crippen LogP contribution in [-0.4, -0.2) is 28.1 Å². The summed E-state index contributed by atoms with van der Waals surface area (Å²) in [5, 5.41) is 11.9. The highest BCUT2D eigenvalue weighted by atomic mass is 32.1. The first kappa shape index (κ1) is 15.3. The van der Waals surface area contributed by atoms with E-state index < -0.39 is 0 Å². The fourth-order valence-electron chi connectivity index (χ4n) is 3.85. The van der Waals surface area contributed by atoms with E-state index in [9.17, 15) is 5.11 Å². The molecule has 1 N–H and O–H groups in total. The molecule has 1 aromatic carbocycles. The molecule has 4 rings (SSSR count). The molecule has 0 saturated carbocycles. The average Bonchev–Trinajstić information content (AvgIpc) is 3.17. The molecule has 23 heavy (non-hydrogen) atoms. The lowest BCUT2D eigenvalue weighted by Crippen LogP contribution is -2.35. The Morgan fingerprint density at radius 2 is 1.96 bits per heavy atom. The Labute approximate surface area is 142 Å². The minimum absolute atomic E-state index is 0.318. The Morgan fingerprint density at radius 3 is 2.70 bits per heavy atom. The zero-order chi connectivity index (χ0) is 15.6. The monoisotopic (exact) mass is 328 g/mol. The number of aryl methyl sites for hydroxylation is 2. The molecule has 1 unspecified atom stereocenters. The molecular formula is C19H24N2OS. The molecule has 1 saturated heterocycles. The van der Waals surface area contributed by atoms with Crippen molar-refractivity contribution in [2.45, 2.75) is 44.8 Å². The predicted molar refractivity (Wildman–Crippen MR) is 93.5 cm³/mol. The van der Waals surface area contributed by atoms with Crippen LogP contribution < -0.4 is 0 Å². The molecule has 1 aliphatic heterocycles. The number of hydrogen-bond acceptors (Lipinski definition) is 4.